The number of aromatic nitrogens is 2. The van der Waals surface area contributed by atoms with Crippen molar-refractivity contribution in [2.75, 3.05) is 13.1 Å². The van der Waals surface area contributed by atoms with Crippen molar-refractivity contribution in [1.29, 1.82) is 0 Å². The van der Waals surface area contributed by atoms with Gasteiger partial charge in [-0.2, -0.15) is 9.40 Å². The molecule has 1 N–H and O–H groups in total. The standard InChI is InChI=1S/C17H19N3O4S/c21-17(22)13-8-14(20-11-12-4-3-5-16(12)18-20)10-15(9-13)25(23,24)19-6-1-2-7-19/h8-11H,1-7H2,(H,21,22). The molecule has 2 aliphatic rings. The summed E-state index contributed by atoms with van der Waals surface area (Å²) in [5.41, 5.74) is 2.56. The predicted molar refractivity (Wildman–Crippen MR) is 90.5 cm³/mol. The number of sulfonamides is 1. The molecular weight excluding hydrogens is 342 g/mol. The fraction of sp³-hybridized carbons (Fsp3) is 0.412. The first-order chi connectivity index (χ1) is 11.9. The first-order valence-electron chi connectivity index (χ1n) is 8.41. The van der Waals surface area contributed by atoms with E-state index in [1.165, 1.54) is 22.5 Å². The minimum absolute atomic E-state index is 0.0139. The zero-order valence-corrected chi connectivity index (χ0v) is 14.5. The maximum absolute atomic E-state index is 12.8. The fourth-order valence-corrected chi connectivity index (χ4v) is 5.09. The molecule has 132 valence electrons. The van der Waals surface area contributed by atoms with Gasteiger partial charge in [-0.1, -0.05) is 0 Å². The van der Waals surface area contributed by atoms with Crippen molar-refractivity contribution in [1.82, 2.24) is 14.1 Å². The Kier molecular flexibility index (Phi) is 3.88. The smallest absolute Gasteiger partial charge is 0.335 e. The maximum Gasteiger partial charge on any atom is 0.335 e. The summed E-state index contributed by atoms with van der Waals surface area (Å²) in [6.45, 7) is 0.954. The van der Waals surface area contributed by atoms with Crippen LogP contribution in [0.1, 0.15) is 40.9 Å². The van der Waals surface area contributed by atoms with Gasteiger partial charge in [-0.15, -0.1) is 0 Å². The van der Waals surface area contributed by atoms with Crippen LogP contribution in [0, 0.1) is 0 Å². The molecule has 4 rings (SSSR count). The van der Waals surface area contributed by atoms with Crippen LogP contribution in [0.3, 0.4) is 0 Å². The number of hydrogen-bond donors (Lipinski definition) is 1. The number of carbonyl (C=O) groups is 1. The van der Waals surface area contributed by atoms with E-state index in [1.807, 2.05) is 6.20 Å². The van der Waals surface area contributed by atoms with Gasteiger partial charge in [-0.05, 0) is 55.9 Å². The maximum atomic E-state index is 12.8. The summed E-state index contributed by atoms with van der Waals surface area (Å²) >= 11 is 0. The third kappa shape index (κ3) is 2.85. The monoisotopic (exact) mass is 361 g/mol. The molecular formula is C17H19N3O4S. The minimum atomic E-state index is -3.69. The molecule has 1 saturated heterocycles. The summed E-state index contributed by atoms with van der Waals surface area (Å²) in [5, 5.41) is 13.9. The first-order valence-corrected chi connectivity index (χ1v) is 9.85. The Bertz CT molecular complexity index is 921. The van der Waals surface area contributed by atoms with Crippen LogP contribution in [0.15, 0.2) is 29.3 Å². The Hall–Kier alpha value is -2.19. The van der Waals surface area contributed by atoms with E-state index in [2.05, 4.69) is 5.10 Å². The Labute approximate surface area is 145 Å². The minimum Gasteiger partial charge on any atom is -0.478 e. The van der Waals surface area contributed by atoms with E-state index in [9.17, 15) is 18.3 Å². The lowest BCUT2D eigenvalue weighted by Gasteiger charge is -2.16. The molecule has 1 fully saturated rings. The van der Waals surface area contributed by atoms with Crippen molar-refractivity contribution >= 4 is 16.0 Å². The lowest BCUT2D eigenvalue weighted by atomic mass is 10.2. The average molecular weight is 361 g/mol. The summed E-state index contributed by atoms with van der Waals surface area (Å²) in [4.78, 5) is 11.5. The molecule has 25 heavy (non-hydrogen) atoms. The van der Waals surface area contributed by atoms with Crippen molar-refractivity contribution in [2.45, 2.75) is 37.0 Å². The number of benzene rings is 1. The summed E-state index contributed by atoms with van der Waals surface area (Å²) in [7, 11) is -3.69. The van der Waals surface area contributed by atoms with Gasteiger partial charge in [0.05, 0.1) is 21.8 Å². The van der Waals surface area contributed by atoms with Gasteiger partial charge in [0.2, 0.25) is 10.0 Å². The molecule has 0 amide bonds. The van der Waals surface area contributed by atoms with Crippen molar-refractivity contribution in [3.8, 4) is 5.69 Å². The second kappa shape index (κ2) is 5.96. The summed E-state index contributed by atoms with van der Waals surface area (Å²) < 4.78 is 28.7. The Morgan fingerprint density at radius 3 is 2.52 bits per heavy atom. The molecule has 0 unspecified atom stereocenters. The van der Waals surface area contributed by atoms with E-state index < -0.39 is 16.0 Å². The number of aryl methyl sites for hydroxylation is 2. The lowest BCUT2D eigenvalue weighted by molar-refractivity contribution is 0.0696. The first kappa shape index (κ1) is 16.3. The molecule has 1 aliphatic carbocycles. The third-order valence-corrected chi connectivity index (χ3v) is 6.72. The average Bonchev–Trinajstić information content (AvgIpc) is 3.30. The number of aromatic carboxylic acids is 1. The second-order valence-corrected chi connectivity index (χ2v) is 8.47. The largest absolute Gasteiger partial charge is 0.478 e. The van der Waals surface area contributed by atoms with Crippen molar-refractivity contribution < 1.29 is 18.3 Å². The van der Waals surface area contributed by atoms with Gasteiger partial charge < -0.3 is 5.11 Å². The number of fused-ring (bicyclic) bond motifs is 1. The number of carboxylic acids is 1. The Balaban J connectivity index is 1.82. The molecule has 0 spiro atoms. The molecule has 0 atom stereocenters. The van der Waals surface area contributed by atoms with E-state index >= 15 is 0 Å². The molecule has 2 heterocycles. The second-order valence-electron chi connectivity index (χ2n) is 6.53. The van der Waals surface area contributed by atoms with Gasteiger partial charge in [0, 0.05) is 19.3 Å². The van der Waals surface area contributed by atoms with Crippen LogP contribution in [0.2, 0.25) is 0 Å². The molecule has 1 aromatic carbocycles. The summed E-state index contributed by atoms with van der Waals surface area (Å²) in [6, 6.07) is 4.21. The van der Waals surface area contributed by atoms with E-state index in [-0.39, 0.29) is 10.5 Å². The molecule has 0 saturated carbocycles. The number of carboxylic acid groups (broad SMARTS) is 1. The van der Waals surface area contributed by atoms with Crippen molar-refractivity contribution in [3.05, 3.63) is 41.2 Å². The van der Waals surface area contributed by atoms with Crippen LogP contribution in [0.5, 0.6) is 0 Å². The molecule has 8 heteroatoms. The van der Waals surface area contributed by atoms with E-state index in [0.717, 1.165) is 43.4 Å². The van der Waals surface area contributed by atoms with Gasteiger partial charge in [0.1, 0.15) is 0 Å². The number of nitrogens with zero attached hydrogens (tertiary/aromatic N) is 3. The van der Waals surface area contributed by atoms with Crippen LogP contribution >= 0.6 is 0 Å². The van der Waals surface area contributed by atoms with Crippen molar-refractivity contribution in [2.24, 2.45) is 0 Å². The van der Waals surface area contributed by atoms with E-state index in [1.54, 1.807) is 4.68 Å². The highest BCUT2D eigenvalue weighted by Crippen LogP contribution is 2.26. The topological polar surface area (TPSA) is 92.5 Å². The highest BCUT2D eigenvalue weighted by Gasteiger charge is 2.29. The van der Waals surface area contributed by atoms with Gasteiger partial charge in [-0.3, -0.25) is 0 Å². The number of hydrogen-bond acceptors (Lipinski definition) is 4. The molecule has 7 nitrogen and oxygen atoms in total. The van der Waals surface area contributed by atoms with Gasteiger partial charge in [0.15, 0.2) is 0 Å². The Morgan fingerprint density at radius 1 is 1.08 bits per heavy atom. The van der Waals surface area contributed by atoms with E-state index in [4.69, 9.17) is 0 Å². The SMILES string of the molecule is O=C(O)c1cc(-n2cc3c(n2)CCC3)cc(S(=O)(=O)N2CCCC2)c1. The zero-order valence-electron chi connectivity index (χ0n) is 13.7. The van der Waals surface area contributed by atoms with Crippen LogP contribution in [-0.4, -0.2) is 46.7 Å². The lowest BCUT2D eigenvalue weighted by Crippen LogP contribution is -2.28. The van der Waals surface area contributed by atoms with Crippen LogP contribution in [-0.2, 0) is 22.9 Å². The molecule has 1 aromatic heterocycles. The van der Waals surface area contributed by atoms with Crippen LogP contribution in [0.4, 0.5) is 0 Å². The Morgan fingerprint density at radius 2 is 1.84 bits per heavy atom. The highest BCUT2D eigenvalue weighted by molar-refractivity contribution is 7.89. The molecule has 0 radical (unpaired) electrons. The summed E-state index contributed by atoms with van der Waals surface area (Å²) in [5.74, 6) is -1.15. The van der Waals surface area contributed by atoms with Crippen LogP contribution in [0.25, 0.3) is 5.69 Å². The van der Waals surface area contributed by atoms with E-state index in [0.29, 0.717) is 18.8 Å². The molecule has 0 bridgehead atoms. The zero-order chi connectivity index (χ0) is 17.6. The summed E-state index contributed by atoms with van der Waals surface area (Å²) in [6.07, 6.45) is 6.46. The predicted octanol–water partition coefficient (Wildman–Crippen LogP) is 1.84. The fourth-order valence-electron chi connectivity index (χ4n) is 3.51. The van der Waals surface area contributed by atoms with Crippen molar-refractivity contribution in [3.63, 3.8) is 0 Å². The van der Waals surface area contributed by atoms with Crippen LogP contribution < -0.4 is 0 Å². The van der Waals surface area contributed by atoms with Gasteiger partial charge >= 0.3 is 5.97 Å². The quantitative estimate of drug-likeness (QED) is 0.897. The molecule has 1 aliphatic heterocycles. The number of rotatable bonds is 4. The molecule has 2 aromatic rings. The normalized spacial score (nSPS) is 17.8. The van der Waals surface area contributed by atoms with Gasteiger partial charge in [-0.25, -0.2) is 17.9 Å². The third-order valence-electron chi connectivity index (χ3n) is 4.84. The van der Waals surface area contributed by atoms with Gasteiger partial charge in [0.25, 0.3) is 0 Å². The highest BCUT2D eigenvalue weighted by atomic mass is 32.2.